The number of benzene rings is 1. The van der Waals surface area contributed by atoms with Gasteiger partial charge in [-0.05, 0) is 23.6 Å². The predicted octanol–water partition coefficient (Wildman–Crippen LogP) is 2.09. The quantitative estimate of drug-likeness (QED) is 0.798. The Hall–Kier alpha value is -1.35. The van der Waals surface area contributed by atoms with Crippen LogP contribution in [0, 0.1) is 0 Å². The van der Waals surface area contributed by atoms with Gasteiger partial charge in [0.25, 0.3) is 0 Å². The number of aryl methyl sites for hydroxylation is 1. The van der Waals surface area contributed by atoms with E-state index in [0.717, 1.165) is 17.5 Å². The van der Waals surface area contributed by atoms with E-state index in [1.54, 1.807) is 13.2 Å². The predicted molar refractivity (Wildman–Crippen MR) is 53.5 cm³/mol. The number of methoxy groups -OCH3 is 1. The maximum absolute atomic E-state index is 10.9. The van der Waals surface area contributed by atoms with E-state index in [1.165, 1.54) is 0 Å². The molecule has 3 heteroatoms. The van der Waals surface area contributed by atoms with E-state index in [9.17, 15) is 4.79 Å². The van der Waals surface area contributed by atoms with Crippen molar-refractivity contribution in [2.24, 2.45) is 0 Å². The van der Waals surface area contributed by atoms with Crippen LogP contribution in [0.2, 0.25) is 0 Å². The second-order valence-corrected chi connectivity index (χ2v) is 3.08. The summed E-state index contributed by atoms with van der Waals surface area (Å²) in [5, 5.41) is 8.96. The van der Waals surface area contributed by atoms with Gasteiger partial charge >= 0.3 is 5.97 Å². The van der Waals surface area contributed by atoms with E-state index in [0.29, 0.717) is 12.2 Å². The third-order valence-corrected chi connectivity index (χ3v) is 2.11. The van der Waals surface area contributed by atoms with E-state index < -0.39 is 5.97 Å². The molecule has 0 saturated carbocycles. The minimum absolute atomic E-state index is 0.339. The summed E-state index contributed by atoms with van der Waals surface area (Å²) in [6, 6.07) is 5.45. The maximum atomic E-state index is 10.9. The Morgan fingerprint density at radius 1 is 1.50 bits per heavy atom. The Labute approximate surface area is 83.3 Å². The minimum atomic E-state index is -0.896. The molecule has 1 aromatic rings. The lowest BCUT2D eigenvalue weighted by Crippen LogP contribution is -2.04. The van der Waals surface area contributed by atoms with Crippen LogP contribution in [0.5, 0.6) is 0 Å². The molecule has 1 N–H and O–H groups in total. The molecule has 0 saturated heterocycles. The molecule has 0 bridgehead atoms. The second-order valence-electron chi connectivity index (χ2n) is 3.08. The van der Waals surface area contributed by atoms with Crippen molar-refractivity contribution in [1.29, 1.82) is 0 Å². The van der Waals surface area contributed by atoms with Gasteiger partial charge in [0.1, 0.15) is 0 Å². The number of carbonyl (C=O) groups is 1. The third kappa shape index (κ3) is 2.33. The largest absolute Gasteiger partial charge is 0.478 e. The van der Waals surface area contributed by atoms with Crippen LogP contribution in [-0.2, 0) is 17.8 Å². The molecular formula is C11H14O3. The molecule has 0 amide bonds. The van der Waals surface area contributed by atoms with Crippen LogP contribution in [-0.4, -0.2) is 18.2 Å². The van der Waals surface area contributed by atoms with Gasteiger partial charge in [-0.15, -0.1) is 0 Å². The van der Waals surface area contributed by atoms with Crippen LogP contribution < -0.4 is 0 Å². The van der Waals surface area contributed by atoms with Crippen molar-refractivity contribution in [3.8, 4) is 0 Å². The van der Waals surface area contributed by atoms with Gasteiger partial charge in [0.15, 0.2) is 0 Å². The minimum Gasteiger partial charge on any atom is -0.478 e. The molecule has 1 rings (SSSR count). The van der Waals surface area contributed by atoms with Crippen molar-refractivity contribution in [3.05, 3.63) is 34.9 Å². The van der Waals surface area contributed by atoms with Crippen LogP contribution in [0.3, 0.4) is 0 Å². The van der Waals surface area contributed by atoms with Gasteiger partial charge in [-0.1, -0.05) is 19.1 Å². The molecule has 76 valence electrons. The van der Waals surface area contributed by atoms with Gasteiger partial charge in [0, 0.05) is 7.11 Å². The van der Waals surface area contributed by atoms with Gasteiger partial charge in [-0.25, -0.2) is 4.79 Å². The third-order valence-electron chi connectivity index (χ3n) is 2.11. The Bertz CT molecular complexity index is 331. The number of carboxylic acids is 1. The number of hydrogen-bond donors (Lipinski definition) is 1. The molecule has 0 aliphatic carbocycles. The van der Waals surface area contributed by atoms with Crippen LogP contribution in [0.25, 0.3) is 0 Å². The van der Waals surface area contributed by atoms with Gasteiger partial charge in [-0.3, -0.25) is 0 Å². The highest BCUT2D eigenvalue weighted by Gasteiger charge is 2.09. The molecule has 3 nitrogen and oxygen atoms in total. The van der Waals surface area contributed by atoms with Gasteiger partial charge in [-0.2, -0.15) is 0 Å². The molecule has 0 aromatic heterocycles. The van der Waals surface area contributed by atoms with Crippen molar-refractivity contribution in [2.45, 2.75) is 20.0 Å². The molecule has 14 heavy (non-hydrogen) atoms. The summed E-state index contributed by atoms with van der Waals surface area (Å²) in [6.45, 7) is 2.34. The van der Waals surface area contributed by atoms with E-state index in [4.69, 9.17) is 9.84 Å². The van der Waals surface area contributed by atoms with Crippen LogP contribution in [0.4, 0.5) is 0 Å². The highest BCUT2D eigenvalue weighted by molar-refractivity contribution is 5.89. The lowest BCUT2D eigenvalue weighted by atomic mass is 10.0. The van der Waals surface area contributed by atoms with Crippen LogP contribution in [0.15, 0.2) is 18.2 Å². The Morgan fingerprint density at radius 3 is 2.71 bits per heavy atom. The summed E-state index contributed by atoms with van der Waals surface area (Å²) in [5.41, 5.74) is 2.09. The number of carboxylic acid groups (broad SMARTS) is 1. The highest BCUT2D eigenvalue weighted by atomic mass is 16.5. The standard InChI is InChI=1S/C11H14O3/c1-3-8-4-5-9(7-14-2)10(6-8)11(12)13/h4-6H,3,7H2,1-2H3,(H,12,13). The molecule has 0 radical (unpaired) electrons. The van der Waals surface area contributed by atoms with Crippen molar-refractivity contribution < 1.29 is 14.6 Å². The van der Waals surface area contributed by atoms with Gasteiger partial charge < -0.3 is 9.84 Å². The first-order chi connectivity index (χ1) is 6.69. The molecule has 0 fully saturated rings. The molecule has 0 atom stereocenters. The van der Waals surface area contributed by atoms with Crippen molar-refractivity contribution in [2.75, 3.05) is 7.11 Å². The fourth-order valence-electron chi connectivity index (χ4n) is 1.32. The van der Waals surface area contributed by atoms with Gasteiger partial charge in [0.2, 0.25) is 0 Å². The molecule has 0 heterocycles. The monoisotopic (exact) mass is 194 g/mol. The molecule has 0 spiro atoms. The SMILES string of the molecule is CCc1ccc(COC)c(C(=O)O)c1. The van der Waals surface area contributed by atoms with Crippen molar-refractivity contribution in [1.82, 2.24) is 0 Å². The summed E-state index contributed by atoms with van der Waals surface area (Å²) >= 11 is 0. The first-order valence-corrected chi connectivity index (χ1v) is 4.53. The van der Waals surface area contributed by atoms with E-state index in [2.05, 4.69) is 0 Å². The number of hydrogen-bond acceptors (Lipinski definition) is 2. The smallest absolute Gasteiger partial charge is 0.336 e. The maximum Gasteiger partial charge on any atom is 0.336 e. The Morgan fingerprint density at radius 2 is 2.21 bits per heavy atom. The Kier molecular flexibility index (Phi) is 3.65. The zero-order chi connectivity index (χ0) is 10.6. The zero-order valence-corrected chi connectivity index (χ0v) is 8.41. The first-order valence-electron chi connectivity index (χ1n) is 4.53. The topological polar surface area (TPSA) is 46.5 Å². The van der Waals surface area contributed by atoms with Crippen LogP contribution in [0.1, 0.15) is 28.4 Å². The average Bonchev–Trinajstić information content (AvgIpc) is 2.18. The number of aromatic carboxylic acids is 1. The molecular weight excluding hydrogens is 180 g/mol. The van der Waals surface area contributed by atoms with E-state index in [1.807, 2.05) is 19.1 Å². The van der Waals surface area contributed by atoms with Gasteiger partial charge in [0.05, 0.1) is 12.2 Å². The zero-order valence-electron chi connectivity index (χ0n) is 8.41. The molecule has 0 aliphatic rings. The van der Waals surface area contributed by atoms with Crippen molar-refractivity contribution in [3.63, 3.8) is 0 Å². The lowest BCUT2D eigenvalue weighted by Gasteiger charge is -2.06. The summed E-state index contributed by atoms with van der Waals surface area (Å²) in [4.78, 5) is 10.9. The van der Waals surface area contributed by atoms with E-state index in [-0.39, 0.29) is 0 Å². The molecule has 0 aliphatic heterocycles. The first kappa shape index (κ1) is 10.7. The normalized spacial score (nSPS) is 10.1. The summed E-state index contributed by atoms with van der Waals surface area (Å²) in [5.74, 6) is -0.896. The second kappa shape index (κ2) is 4.77. The van der Waals surface area contributed by atoms with E-state index >= 15 is 0 Å². The molecule has 0 unspecified atom stereocenters. The Balaban J connectivity index is 3.10. The van der Waals surface area contributed by atoms with Crippen LogP contribution >= 0.6 is 0 Å². The van der Waals surface area contributed by atoms with Crippen molar-refractivity contribution >= 4 is 5.97 Å². The lowest BCUT2D eigenvalue weighted by molar-refractivity contribution is 0.0691. The number of rotatable bonds is 4. The highest BCUT2D eigenvalue weighted by Crippen LogP contribution is 2.13. The summed E-state index contributed by atoms with van der Waals surface area (Å²) < 4.78 is 4.93. The summed E-state index contributed by atoms with van der Waals surface area (Å²) in [6.07, 6.45) is 0.841. The molecule has 1 aromatic carbocycles. The number of ether oxygens (including phenoxy) is 1. The fraction of sp³-hybridized carbons (Fsp3) is 0.364. The average molecular weight is 194 g/mol. The fourth-order valence-corrected chi connectivity index (χ4v) is 1.32. The summed E-state index contributed by atoms with van der Waals surface area (Å²) in [7, 11) is 1.55.